The van der Waals surface area contributed by atoms with E-state index in [1.807, 2.05) is 12.1 Å². The Morgan fingerprint density at radius 1 is 1.19 bits per heavy atom. The van der Waals surface area contributed by atoms with Crippen molar-refractivity contribution in [1.82, 2.24) is 10.6 Å². The number of rotatable bonds is 7. The maximum atomic E-state index is 11.5. The van der Waals surface area contributed by atoms with Gasteiger partial charge < -0.3 is 10.6 Å². The Kier molecular flexibility index (Phi) is 9.59. The minimum absolute atomic E-state index is 0. The Morgan fingerprint density at radius 3 is 2.42 bits per heavy atom. The predicted octanol–water partition coefficient (Wildman–Crippen LogP) is 3.28. The standard InChI is InChI=1S/C18H25N3O2S2.HI/c1-14(16-9-11-24-13-16)12-21-18(19-2)20-10-8-15-4-6-17(7-5-15)25(3,22)23;/h4-7,9,11,13-14H,8,10,12H2,1-3H3,(H2,19,20,21);1H. The molecule has 0 aliphatic rings. The fourth-order valence-corrected chi connectivity index (χ4v) is 3.78. The first-order chi connectivity index (χ1) is 11.9. The molecule has 0 radical (unpaired) electrons. The van der Waals surface area contributed by atoms with Gasteiger partial charge in [-0.25, -0.2) is 8.42 Å². The van der Waals surface area contributed by atoms with Crippen LogP contribution in [0.2, 0.25) is 0 Å². The normalized spacial score (nSPS) is 13.0. The summed E-state index contributed by atoms with van der Waals surface area (Å²) in [6.07, 6.45) is 2.02. The number of halogens is 1. The van der Waals surface area contributed by atoms with Crippen molar-refractivity contribution >= 4 is 51.1 Å². The van der Waals surface area contributed by atoms with Gasteiger partial charge in [-0.15, -0.1) is 24.0 Å². The molecular weight excluding hydrogens is 481 g/mol. The lowest BCUT2D eigenvalue weighted by Gasteiger charge is -2.15. The number of hydrogen-bond donors (Lipinski definition) is 2. The molecule has 144 valence electrons. The Bertz CT molecular complexity index is 788. The Hall–Kier alpha value is -1.13. The van der Waals surface area contributed by atoms with Crippen LogP contribution in [0.15, 0.2) is 51.0 Å². The van der Waals surface area contributed by atoms with Gasteiger partial charge in [-0.05, 0) is 52.4 Å². The molecule has 0 amide bonds. The SMILES string of the molecule is CN=C(NCCc1ccc(S(C)(=O)=O)cc1)NCC(C)c1ccsc1.I. The number of benzene rings is 1. The molecule has 2 rings (SSSR count). The largest absolute Gasteiger partial charge is 0.356 e. The fraction of sp³-hybridized carbons (Fsp3) is 0.389. The first-order valence-corrected chi connectivity index (χ1v) is 11.0. The fourth-order valence-electron chi connectivity index (χ4n) is 2.37. The van der Waals surface area contributed by atoms with Crippen molar-refractivity contribution < 1.29 is 8.42 Å². The molecule has 0 bridgehead atoms. The van der Waals surface area contributed by atoms with E-state index in [0.29, 0.717) is 10.8 Å². The summed E-state index contributed by atoms with van der Waals surface area (Å²) in [5.74, 6) is 1.20. The third-order valence-corrected chi connectivity index (χ3v) is 5.80. The number of nitrogens with zero attached hydrogens (tertiary/aromatic N) is 1. The smallest absolute Gasteiger partial charge is 0.191 e. The van der Waals surface area contributed by atoms with E-state index in [4.69, 9.17) is 0 Å². The second-order valence-electron chi connectivity index (χ2n) is 6.00. The van der Waals surface area contributed by atoms with Gasteiger partial charge >= 0.3 is 0 Å². The maximum Gasteiger partial charge on any atom is 0.191 e. The minimum Gasteiger partial charge on any atom is -0.356 e. The van der Waals surface area contributed by atoms with Crippen LogP contribution in [0.4, 0.5) is 0 Å². The second-order valence-corrected chi connectivity index (χ2v) is 8.80. The quantitative estimate of drug-likeness (QED) is 0.343. The van der Waals surface area contributed by atoms with Gasteiger partial charge in [-0.1, -0.05) is 19.1 Å². The average Bonchev–Trinajstić information content (AvgIpc) is 3.12. The molecule has 1 aromatic carbocycles. The van der Waals surface area contributed by atoms with E-state index >= 15 is 0 Å². The lowest BCUT2D eigenvalue weighted by molar-refractivity contribution is 0.602. The van der Waals surface area contributed by atoms with E-state index in [0.717, 1.165) is 31.0 Å². The zero-order chi connectivity index (χ0) is 18.3. The number of hydrogen-bond acceptors (Lipinski definition) is 4. The number of nitrogens with one attached hydrogen (secondary N) is 2. The molecule has 0 fully saturated rings. The molecule has 0 saturated carbocycles. The molecule has 1 heterocycles. The molecular formula is C18H26IN3O2S2. The monoisotopic (exact) mass is 507 g/mol. The number of aliphatic imine (C=N–C) groups is 1. The molecule has 1 unspecified atom stereocenters. The van der Waals surface area contributed by atoms with Crippen LogP contribution < -0.4 is 10.6 Å². The molecule has 26 heavy (non-hydrogen) atoms. The highest BCUT2D eigenvalue weighted by molar-refractivity contribution is 14.0. The van der Waals surface area contributed by atoms with Crippen molar-refractivity contribution in [3.05, 3.63) is 52.2 Å². The molecule has 1 aromatic heterocycles. The van der Waals surface area contributed by atoms with E-state index in [1.54, 1.807) is 30.5 Å². The predicted molar refractivity (Wildman–Crippen MR) is 121 cm³/mol. The number of sulfone groups is 1. The summed E-state index contributed by atoms with van der Waals surface area (Å²) in [6.45, 7) is 3.73. The lowest BCUT2D eigenvalue weighted by Crippen LogP contribution is -2.39. The van der Waals surface area contributed by atoms with E-state index < -0.39 is 9.84 Å². The highest BCUT2D eigenvalue weighted by atomic mass is 127. The molecule has 0 aliphatic carbocycles. The van der Waals surface area contributed by atoms with Crippen LogP contribution in [0.5, 0.6) is 0 Å². The summed E-state index contributed by atoms with van der Waals surface area (Å²) in [7, 11) is -1.38. The van der Waals surface area contributed by atoms with Crippen LogP contribution in [-0.4, -0.2) is 40.8 Å². The summed E-state index contributed by atoms with van der Waals surface area (Å²) < 4.78 is 22.9. The molecule has 2 N–H and O–H groups in total. The summed E-state index contributed by atoms with van der Waals surface area (Å²) in [5.41, 5.74) is 2.42. The van der Waals surface area contributed by atoms with Crippen LogP contribution >= 0.6 is 35.3 Å². The highest BCUT2D eigenvalue weighted by Crippen LogP contribution is 2.17. The molecule has 0 aliphatic heterocycles. The zero-order valence-corrected chi connectivity index (χ0v) is 19.2. The van der Waals surface area contributed by atoms with E-state index in [9.17, 15) is 8.42 Å². The first-order valence-electron chi connectivity index (χ1n) is 8.15. The topological polar surface area (TPSA) is 70.6 Å². The van der Waals surface area contributed by atoms with Gasteiger partial charge in [0.05, 0.1) is 4.90 Å². The highest BCUT2D eigenvalue weighted by Gasteiger charge is 2.08. The van der Waals surface area contributed by atoms with Crippen LogP contribution in [0.1, 0.15) is 24.0 Å². The minimum atomic E-state index is -3.14. The Balaban J connectivity index is 0.00000338. The van der Waals surface area contributed by atoms with Gasteiger partial charge in [-0.2, -0.15) is 11.3 Å². The Morgan fingerprint density at radius 2 is 1.88 bits per heavy atom. The van der Waals surface area contributed by atoms with Crippen LogP contribution in [0, 0.1) is 0 Å². The average molecular weight is 507 g/mol. The van der Waals surface area contributed by atoms with Crippen LogP contribution in [0.3, 0.4) is 0 Å². The summed E-state index contributed by atoms with van der Waals surface area (Å²) in [6, 6.07) is 9.16. The zero-order valence-electron chi connectivity index (χ0n) is 15.2. The van der Waals surface area contributed by atoms with Gasteiger partial charge in [0.15, 0.2) is 15.8 Å². The first kappa shape index (κ1) is 22.9. The van der Waals surface area contributed by atoms with Gasteiger partial charge in [0.1, 0.15) is 0 Å². The summed E-state index contributed by atoms with van der Waals surface area (Å²) >= 11 is 1.71. The van der Waals surface area contributed by atoms with Crippen molar-refractivity contribution in [2.45, 2.75) is 24.2 Å². The molecule has 5 nitrogen and oxygen atoms in total. The molecule has 0 spiro atoms. The number of guanidine groups is 1. The summed E-state index contributed by atoms with van der Waals surface area (Å²) in [5, 5.41) is 10.9. The van der Waals surface area contributed by atoms with Crippen LogP contribution in [-0.2, 0) is 16.3 Å². The molecule has 2 aromatic rings. The van der Waals surface area contributed by atoms with Gasteiger partial charge in [0.25, 0.3) is 0 Å². The molecule has 0 saturated heterocycles. The van der Waals surface area contributed by atoms with E-state index in [-0.39, 0.29) is 24.0 Å². The van der Waals surface area contributed by atoms with Crippen molar-refractivity contribution in [2.75, 3.05) is 26.4 Å². The van der Waals surface area contributed by atoms with Crippen LogP contribution in [0.25, 0.3) is 0 Å². The van der Waals surface area contributed by atoms with E-state index in [1.165, 1.54) is 11.8 Å². The van der Waals surface area contributed by atoms with Crippen molar-refractivity contribution in [1.29, 1.82) is 0 Å². The number of thiophene rings is 1. The third kappa shape index (κ3) is 7.24. The van der Waals surface area contributed by atoms with Crippen molar-refractivity contribution in [3.8, 4) is 0 Å². The summed E-state index contributed by atoms with van der Waals surface area (Å²) in [4.78, 5) is 4.59. The van der Waals surface area contributed by atoms with Gasteiger partial charge in [0.2, 0.25) is 0 Å². The van der Waals surface area contributed by atoms with Crippen molar-refractivity contribution in [2.24, 2.45) is 4.99 Å². The molecule has 8 heteroatoms. The lowest BCUT2D eigenvalue weighted by atomic mass is 10.1. The Labute approximate surface area is 177 Å². The van der Waals surface area contributed by atoms with Gasteiger partial charge in [-0.3, -0.25) is 4.99 Å². The second kappa shape index (κ2) is 10.9. The third-order valence-electron chi connectivity index (χ3n) is 3.97. The van der Waals surface area contributed by atoms with Gasteiger partial charge in [0, 0.05) is 26.4 Å². The molecule has 1 atom stereocenters. The van der Waals surface area contributed by atoms with Crippen molar-refractivity contribution in [3.63, 3.8) is 0 Å². The maximum absolute atomic E-state index is 11.5. The van der Waals surface area contributed by atoms with E-state index in [2.05, 4.69) is 39.4 Å².